The minimum Gasteiger partial charge on any atom is -0.361 e. The first-order valence-electron chi connectivity index (χ1n) is 6.11. The molecule has 0 spiro atoms. The van der Waals surface area contributed by atoms with Gasteiger partial charge in [0.2, 0.25) is 5.91 Å². The number of aromatic nitrogens is 1. The first-order valence-corrected chi connectivity index (χ1v) is 6.11. The third kappa shape index (κ3) is 1.69. The van der Waals surface area contributed by atoms with Crippen LogP contribution in [0, 0.1) is 0 Å². The molecule has 0 saturated carbocycles. The van der Waals surface area contributed by atoms with Crippen LogP contribution in [0.25, 0.3) is 10.9 Å². The molecule has 4 nitrogen and oxygen atoms in total. The Bertz CT molecular complexity index is 616. The number of aryl methyl sites for hydroxylation is 2. The molecule has 0 radical (unpaired) electrons. The molecule has 0 atom stereocenters. The largest absolute Gasteiger partial charge is 0.361 e. The van der Waals surface area contributed by atoms with E-state index in [2.05, 4.69) is 17.1 Å². The van der Waals surface area contributed by atoms with Gasteiger partial charge in [-0.2, -0.15) is 0 Å². The Morgan fingerprint density at radius 1 is 1.39 bits per heavy atom. The second-order valence-corrected chi connectivity index (χ2v) is 4.73. The van der Waals surface area contributed by atoms with Gasteiger partial charge in [-0.1, -0.05) is 0 Å². The zero-order chi connectivity index (χ0) is 12.7. The molecule has 1 aliphatic rings. The number of H-pyrrole nitrogens is 1. The predicted octanol–water partition coefficient (Wildman–Crippen LogP) is 1.83. The van der Waals surface area contributed by atoms with Gasteiger partial charge in [0.05, 0.1) is 13.5 Å². The van der Waals surface area contributed by atoms with Crippen molar-refractivity contribution in [3.05, 3.63) is 35.0 Å². The summed E-state index contributed by atoms with van der Waals surface area (Å²) in [6.45, 7) is 0. The molecule has 18 heavy (non-hydrogen) atoms. The van der Waals surface area contributed by atoms with Crippen LogP contribution in [0.15, 0.2) is 18.3 Å². The molecule has 3 rings (SSSR count). The highest BCUT2D eigenvalue weighted by atomic mass is 16.7. The Labute approximate surface area is 105 Å². The van der Waals surface area contributed by atoms with Crippen molar-refractivity contribution < 1.29 is 9.63 Å². The van der Waals surface area contributed by atoms with Crippen LogP contribution in [0.2, 0.25) is 0 Å². The van der Waals surface area contributed by atoms with Crippen molar-refractivity contribution in [2.45, 2.75) is 19.3 Å². The fourth-order valence-corrected chi connectivity index (χ4v) is 2.40. The van der Waals surface area contributed by atoms with E-state index in [1.165, 1.54) is 29.7 Å². The fourth-order valence-electron chi connectivity index (χ4n) is 2.40. The van der Waals surface area contributed by atoms with Crippen molar-refractivity contribution >= 4 is 16.8 Å². The van der Waals surface area contributed by atoms with Gasteiger partial charge in [0.1, 0.15) is 0 Å². The number of hydrogen-bond donors (Lipinski definition) is 1. The molecule has 0 aliphatic heterocycles. The first-order chi connectivity index (χ1) is 8.69. The van der Waals surface area contributed by atoms with Crippen LogP contribution < -0.4 is 0 Å². The first kappa shape index (κ1) is 11.3. The zero-order valence-electron chi connectivity index (χ0n) is 10.6. The second kappa shape index (κ2) is 4.14. The number of nitrogens with one attached hydrogen (secondary N) is 1. The summed E-state index contributed by atoms with van der Waals surface area (Å²) in [5.41, 5.74) is 5.00. The molecule has 1 aromatic carbocycles. The van der Waals surface area contributed by atoms with Gasteiger partial charge in [-0.05, 0) is 41.7 Å². The normalized spacial score (nSPS) is 13.2. The molecule has 0 bridgehead atoms. The molecule has 1 aromatic heterocycles. The number of benzene rings is 1. The molecule has 1 heterocycles. The van der Waals surface area contributed by atoms with Crippen molar-refractivity contribution in [3.63, 3.8) is 0 Å². The molecule has 94 valence electrons. The highest BCUT2D eigenvalue weighted by Gasteiger charge is 2.17. The Balaban J connectivity index is 1.93. The van der Waals surface area contributed by atoms with Crippen LogP contribution in [0.4, 0.5) is 0 Å². The molecular weight excluding hydrogens is 228 g/mol. The molecule has 0 fully saturated rings. The van der Waals surface area contributed by atoms with E-state index < -0.39 is 0 Å². The third-order valence-corrected chi connectivity index (χ3v) is 3.72. The molecule has 0 unspecified atom stereocenters. The Kier molecular flexibility index (Phi) is 2.59. The lowest BCUT2D eigenvalue weighted by atomic mass is 9.87. The Morgan fingerprint density at radius 3 is 2.78 bits per heavy atom. The van der Waals surface area contributed by atoms with Gasteiger partial charge in [-0.15, -0.1) is 0 Å². The number of rotatable bonds is 3. The smallest absolute Gasteiger partial charge is 0.250 e. The van der Waals surface area contributed by atoms with Crippen molar-refractivity contribution in [1.29, 1.82) is 0 Å². The topological polar surface area (TPSA) is 45.3 Å². The van der Waals surface area contributed by atoms with E-state index in [-0.39, 0.29) is 5.91 Å². The summed E-state index contributed by atoms with van der Waals surface area (Å²) in [4.78, 5) is 20.0. The number of likely N-dealkylation sites (N-methyl/N-ethyl adjacent to an activating group) is 1. The number of aromatic amines is 1. The second-order valence-electron chi connectivity index (χ2n) is 4.73. The summed E-state index contributed by atoms with van der Waals surface area (Å²) in [6, 6.07) is 4.41. The third-order valence-electron chi connectivity index (χ3n) is 3.72. The predicted molar refractivity (Wildman–Crippen MR) is 69.2 cm³/mol. The van der Waals surface area contributed by atoms with Crippen LogP contribution in [0.1, 0.15) is 16.7 Å². The standard InChI is InChI=1S/C14H16N2O2/c1-16(18-2)14(17)7-11-8-15-13-6-10-4-3-9(10)5-12(11)13/h5-6,8,15H,3-4,7H2,1-2H3. The maximum absolute atomic E-state index is 11.8. The molecule has 2 aromatic rings. The number of hydrogen-bond acceptors (Lipinski definition) is 2. The number of nitrogens with zero attached hydrogens (tertiary/aromatic N) is 1. The maximum atomic E-state index is 11.8. The summed E-state index contributed by atoms with van der Waals surface area (Å²) in [5.74, 6) is -0.0407. The van der Waals surface area contributed by atoms with E-state index in [1.807, 2.05) is 6.20 Å². The average Bonchev–Trinajstić information content (AvgIpc) is 2.73. The van der Waals surface area contributed by atoms with Crippen molar-refractivity contribution in [2.24, 2.45) is 0 Å². The van der Waals surface area contributed by atoms with E-state index in [9.17, 15) is 4.79 Å². The minimum atomic E-state index is -0.0407. The monoisotopic (exact) mass is 244 g/mol. The lowest BCUT2D eigenvalue weighted by Gasteiger charge is -2.18. The van der Waals surface area contributed by atoms with Crippen LogP contribution in [-0.2, 0) is 28.9 Å². The van der Waals surface area contributed by atoms with E-state index >= 15 is 0 Å². The number of amides is 1. The Hall–Kier alpha value is -1.81. The van der Waals surface area contributed by atoms with Gasteiger partial charge < -0.3 is 4.98 Å². The SMILES string of the molecule is CON(C)C(=O)Cc1c[nH]c2cc3c(cc12)CC3. The van der Waals surface area contributed by atoms with E-state index in [4.69, 9.17) is 4.84 Å². The summed E-state index contributed by atoms with van der Waals surface area (Å²) in [7, 11) is 3.12. The van der Waals surface area contributed by atoms with E-state index in [0.29, 0.717) is 6.42 Å². The zero-order valence-corrected chi connectivity index (χ0v) is 10.6. The number of hydroxylamine groups is 2. The van der Waals surface area contributed by atoms with Gasteiger partial charge in [0, 0.05) is 24.1 Å². The fraction of sp³-hybridized carbons (Fsp3) is 0.357. The van der Waals surface area contributed by atoms with Gasteiger partial charge in [-0.3, -0.25) is 9.63 Å². The summed E-state index contributed by atoms with van der Waals surface area (Å²) in [5, 5.41) is 2.42. The molecule has 1 amide bonds. The van der Waals surface area contributed by atoms with Crippen molar-refractivity contribution in [3.8, 4) is 0 Å². The summed E-state index contributed by atoms with van der Waals surface area (Å²) in [6.07, 6.45) is 4.61. The molecular formula is C14H16N2O2. The van der Waals surface area contributed by atoms with Crippen LogP contribution in [0.3, 0.4) is 0 Å². The summed E-state index contributed by atoms with van der Waals surface area (Å²) < 4.78 is 0. The molecule has 1 aliphatic carbocycles. The average molecular weight is 244 g/mol. The minimum absolute atomic E-state index is 0.0407. The van der Waals surface area contributed by atoms with Gasteiger partial charge in [-0.25, -0.2) is 5.06 Å². The van der Waals surface area contributed by atoms with Crippen LogP contribution in [0.5, 0.6) is 0 Å². The van der Waals surface area contributed by atoms with Crippen LogP contribution in [-0.4, -0.2) is 30.1 Å². The van der Waals surface area contributed by atoms with Crippen molar-refractivity contribution in [1.82, 2.24) is 10.0 Å². The highest BCUT2D eigenvalue weighted by molar-refractivity contribution is 5.90. The van der Waals surface area contributed by atoms with E-state index in [0.717, 1.165) is 22.9 Å². The lowest BCUT2D eigenvalue weighted by Crippen LogP contribution is -2.26. The summed E-state index contributed by atoms with van der Waals surface area (Å²) >= 11 is 0. The van der Waals surface area contributed by atoms with Crippen LogP contribution >= 0.6 is 0 Å². The molecule has 4 heteroatoms. The number of carbonyl (C=O) groups is 1. The highest BCUT2D eigenvalue weighted by Crippen LogP contribution is 2.30. The number of fused-ring (bicyclic) bond motifs is 2. The Morgan fingerprint density at radius 2 is 2.11 bits per heavy atom. The van der Waals surface area contributed by atoms with Gasteiger partial charge >= 0.3 is 0 Å². The quantitative estimate of drug-likeness (QED) is 0.837. The van der Waals surface area contributed by atoms with Gasteiger partial charge in [0.25, 0.3) is 0 Å². The molecule has 1 N–H and O–H groups in total. The molecule has 0 saturated heterocycles. The van der Waals surface area contributed by atoms with E-state index in [1.54, 1.807) is 7.05 Å². The lowest BCUT2D eigenvalue weighted by molar-refractivity contribution is -0.167. The van der Waals surface area contributed by atoms with Gasteiger partial charge in [0.15, 0.2) is 0 Å². The number of carbonyl (C=O) groups excluding carboxylic acids is 1. The van der Waals surface area contributed by atoms with Crippen molar-refractivity contribution in [2.75, 3.05) is 14.2 Å². The maximum Gasteiger partial charge on any atom is 0.250 e.